The first kappa shape index (κ1) is 15.3. The van der Waals surface area contributed by atoms with Crippen LogP contribution in [0.25, 0.3) is 0 Å². The van der Waals surface area contributed by atoms with Gasteiger partial charge < -0.3 is 10.2 Å². The van der Waals surface area contributed by atoms with Crippen molar-refractivity contribution < 1.29 is 0 Å². The molecule has 5 rings (SSSR count). The van der Waals surface area contributed by atoms with Crippen molar-refractivity contribution in [1.29, 1.82) is 5.26 Å². The van der Waals surface area contributed by atoms with Crippen LogP contribution in [-0.2, 0) is 0 Å². The van der Waals surface area contributed by atoms with Crippen LogP contribution in [0.5, 0.6) is 0 Å². The Morgan fingerprint density at radius 1 is 1.26 bits per heavy atom. The average molecular weight is 364 g/mol. The van der Waals surface area contributed by atoms with E-state index in [-0.39, 0.29) is 5.92 Å². The Labute approximate surface area is 150 Å². The molecule has 1 aromatic carbocycles. The first-order valence-electron chi connectivity index (χ1n) is 7.74. The Morgan fingerprint density at radius 2 is 2.00 bits per heavy atom. The Morgan fingerprint density at radius 3 is 2.65 bits per heavy atom. The van der Waals surface area contributed by atoms with Crippen molar-refractivity contribution in [2.24, 2.45) is 11.8 Å². The standard InChI is InChI=1S/C17H15Cl2N3S/c18-10-1-2-11(13(19)7-10)14-12(8-20)17(23)21-15-9-3-5-22(6-4-9)16(14)15/h1-2,7,9,12,14H,3-6H2,(H,21,23)/t12-,14-/m0/s1. The zero-order valence-corrected chi connectivity index (χ0v) is 14.7. The fourth-order valence-electron chi connectivity index (χ4n) is 4.05. The molecule has 6 heteroatoms. The second-order valence-electron chi connectivity index (χ2n) is 6.30. The smallest absolute Gasteiger partial charge is 0.109 e. The molecule has 0 aliphatic carbocycles. The van der Waals surface area contributed by atoms with Crippen LogP contribution in [0.2, 0.25) is 10.0 Å². The molecule has 0 saturated carbocycles. The van der Waals surface area contributed by atoms with Crippen molar-refractivity contribution >= 4 is 40.4 Å². The highest BCUT2D eigenvalue weighted by atomic mass is 35.5. The fourth-order valence-corrected chi connectivity index (χ4v) is 4.88. The quantitative estimate of drug-likeness (QED) is 0.762. The Hall–Kier alpha value is -1.28. The summed E-state index contributed by atoms with van der Waals surface area (Å²) in [4.78, 5) is 3.00. The molecule has 3 nitrogen and oxygen atoms in total. The number of allylic oxidation sites excluding steroid dienone is 2. The lowest BCUT2D eigenvalue weighted by Gasteiger charge is -2.50. The zero-order chi connectivity index (χ0) is 16.1. The van der Waals surface area contributed by atoms with Gasteiger partial charge in [0, 0.05) is 46.4 Å². The molecule has 0 radical (unpaired) electrons. The lowest BCUT2D eigenvalue weighted by Crippen LogP contribution is -2.52. The molecule has 2 atom stereocenters. The Kier molecular flexibility index (Phi) is 3.76. The van der Waals surface area contributed by atoms with Crippen LogP contribution in [0.1, 0.15) is 24.3 Å². The van der Waals surface area contributed by atoms with Gasteiger partial charge in [-0.05, 0) is 30.5 Å². The van der Waals surface area contributed by atoms with E-state index < -0.39 is 5.92 Å². The van der Waals surface area contributed by atoms with Gasteiger partial charge >= 0.3 is 0 Å². The van der Waals surface area contributed by atoms with Gasteiger partial charge in [0.1, 0.15) is 5.92 Å². The van der Waals surface area contributed by atoms with Crippen LogP contribution in [0.3, 0.4) is 0 Å². The predicted molar refractivity (Wildman–Crippen MR) is 95.4 cm³/mol. The molecule has 23 heavy (non-hydrogen) atoms. The minimum absolute atomic E-state index is 0.114. The molecule has 2 bridgehead atoms. The normalized spacial score (nSPS) is 26.8. The Balaban J connectivity index is 1.91. The van der Waals surface area contributed by atoms with Gasteiger partial charge in [-0.25, -0.2) is 0 Å². The number of halogens is 2. The van der Waals surface area contributed by atoms with E-state index in [2.05, 4.69) is 16.3 Å². The maximum absolute atomic E-state index is 9.71. The summed E-state index contributed by atoms with van der Waals surface area (Å²) in [5.41, 5.74) is 3.35. The molecule has 118 valence electrons. The van der Waals surface area contributed by atoms with Crippen LogP contribution in [-0.4, -0.2) is 23.0 Å². The highest BCUT2D eigenvalue weighted by molar-refractivity contribution is 7.80. The van der Waals surface area contributed by atoms with Gasteiger partial charge in [0.2, 0.25) is 0 Å². The van der Waals surface area contributed by atoms with Crippen molar-refractivity contribution in [3.8, 4) is 6.07 Å². The summed E-state index contributed by atoms with van der Waals surface area (Å²) >= 11 is 18.0. The minimum Gasteiger partial charge on any atom is -0.373 e. The molecule has 1 N–H and O–H groups in total. The number of rotatable bonds is 1. The first-order valence-corrected chi connectivity index (χ1v) is 8.91. The van der Waals surface area contributed by atoms with Crippen molar-refractivity contribution in [3.05, 3.63) is 45.2 Å². The second kappa shape index (κ2) is 5.66. The third kappa shape index (κ3) is 2.34. The molecule has 0 unspecified atom stereocenters. The molecule has 4 aliphatic rings. The SMILES string of the molecule is N#C[C@@H]1C(=S)NC2=C([C@H]1c1ccc(Cl)cc1Cl)N1CCC2CC1. The molecular formula is C17H15Cl2N3S. The highest BCUT2D eigenvalue weighted by Gasteiger charge is 2.45. The first-order chi connectivity index (χ1) is 11.1. The maximum atomic E-state index is 9.71. The number of hydrogen-bond acceptors (Lipinski definition) is 3. The lowest BCUT2D eigenvalue weighted by atomic mass is 9.74. The summed E-state index contributed by atoms with van der Waals surface area (Å²) in [6, 6.07) is 7.89. The summed E-state index contributed by atoms with van der Waals surface area (Å²) in [5.74, 6) is -0.000407. The number of thiocarbonyl (C=S) groups is 1. The van der Waals surface area contributed by atoms with E-state index in [1.165, 1.54) is 11.4 Å². The number of nitrogens with one attached hydrogen (secondary N) is 1. The molecule has 1 aromatic rings. The van der Waals surface area contributed by atoms with E-state index in [0.29, 0.717) is 21.0 Å². The van der Waals surface area contributed by atoms with Gasteiger partial charge in [0.25, 0.3) is 0 Å². The minimum atomic E-state index is -0.401. The number of fused-ring (bicyclic) bond motifs is 2. The van der Waals surface area contributed by atoms with Gasteiger partial charge in [-0.2, -0.15) is 5.26 Å². The summed E-state index contributed by atoms with van der Waals surface area (Å²) in [5, 5.41) is 14.3. The van der Waals surface area contributed by atoms with Crippen molar-refractivity contribution in [2.75, 3.05) is 13.1 Å². The second-order valence-corrected chi connectivity index (χ2v) is 7.58. The monoisotopic (exact) mass is 363 g/mol. The van der Waals surface area contributed by atoms with Crippen LogP contribution in [0.15, 0.2) is 29.6 Å². The van der Waals surface area contributed by atoms with Gasteiger partial charge in [0.15, 0.2) is 0 Å². The third-order valence-electron chi connectivity index (χ3n) is 5.12. The van der Waals surface area contributed by atoms with E-state index in [9.17, 15) is 5.26 Å². The fraction of sp³-hybridized carbons (Fsp3) is 0.412. The molecule has 0 spiro atoms. The molecular weight excluding hydrogens is 349 g/mol. The third-order valence-corrected chi connectivity index (χ3v) is 6.04. The summed E-state index contributed by atoms with van der Waals surface area (Å²) in [6.07, 6.45) is 2.29. The Bertz CT molecular complexity index is 760. The number of nitriles is 1. The lowest BCUT2D eigenvalue weighted by molar-refractivity contribution is 0.181. The number of piperidine rings is 1. The summed E-state index contributed by atoms with van der Waals surface area (Å²) < 4.78 is 0. The topological polar surface area (TPSA) is 39.1 Å². The predicted octanol–water partition coefficient (Wildman–Crippen LogP) is 4.08. The number of benzene rings is 1. The van der Waals surface area contributed by atoms with E-state index in [0.717, 1.165) is 31.5 Å². The molecule has 1 saturated heterocycles. The summed E-state index contributed by atoms with van der Waals surface area (Å²) in [7, 11) is 0. The zero-order valence-electron chi connectivity index (χ0n) is 12.4. The molecule has 1 fully saturated rings. The van der Waals surface area contributed by atoms with Crippen molar-refractivity contribution in [1.82, 2.24) is 10.2 Å². The van der Waals surface area contributed by atoms with Gasteiger partial charge in [-0.3, -0.25) is 0 Å². The summed E-state index contributed by atoms with van der Waals surface area (Å²) in [6.45, 7) is 2.08. The van der Waals surface area contributed by atoms with Crippen LogP contribution in [0, 0.1) is 23.2 Å². The van der Waals surface area contributed by atoms with Gasteiger partial charge in [-0.1, -0.05) is 41.5 Å². The maximum Gasteiger partial charge on any atom is 0.109 e. The van der Waals surface area contributed by atoms with Crippen LogP contribution < -0.4 is 5.32 Å². The van der Waals surface area contributed by atoms with Crippen LogP contribution in [0.4, 0.5) is 0 Å². The van der Waals surface area contributed by atoms with E-state index in [1.807, 2.05) is 12.1 Å². The number of nitrogens with zero attached hydrogens (tertiary/aromatic N) is 2. The van der Waals surface area contributed by atoms with E-state index in [1.54, 1.807) is 6.07 Å². The van der Waals surface area contributed by atoms with Crippen molar-refractivity contribution in [3.63, 3.8) is 0 Å². The molecule has 0 aromatic heterocycles. The average Bonchev–Trinajstić information content (AvgIpc) is 2.55. The molecule has 0 amide bonds. The van der Waals surface area contributed by atoms with Crippen LogP contribution >= 0.6 is 35.4 Å². The molecule has 4 aliphatic heterocycles. The van der Waals surface area contributed by atoms with E-state index in [4.69, 9.17) is 35.4 Å². The number of hydrogen-bond donors (Lipinski definition) is 1. The molecule has 4 heterocycles. The van der Waals surface area contributed by atoms with Gasteiger partial charge in [-0.15, -0.1) is 0 Å². The highest BCUT2D eigenvalue weighted by Crippen LogP contribution is 2.48. The van der Waals surface area contributed by atoms with Gasteiger partial charge in [0.05, 0.1) is 11.1 Å². The van der Waals surface area contributed by atoms with E-state index >= 15 is 0 Å². The largest absolute Gasteiger partial charge is 0.373 e. The van der Waals surface area contributed by atoms with Crippen molar-refractivity contribution in [2.45, 2.75) is 18.8 Å².